The molecule has 5 heterocycles. The van der Waals surface area contributed by atoms with Gasteiger partial charge < -0.3 is 39.5 Å². The molecule has 1 aliphatic heterocycles. The second-order valence-electron chi connectivity index (χ2n) is 24.6. The highest BCUT2D eigenvalue weighted by molar-refractivity contribution is 6.31. The van der Waals surface area contributed by atoms with Gasteiger partial charge in [0.05, 0.1) is 50.7 Å². The molecule has 0 saturated carbocycles. The number of imidazole rings is 4. The Balaban J connectivity index is 0.000000125. The lowest BCUT2D eigenvalue weighted by atomic mass is 10.1. The molecule has 16 rings (SSSR count). The Hall–Kier alpha value is -13.1. The third-order valence-corrected chi connectivity index (χ3v) is 17.8. The largest absolute Gasteiger partial charge is 0.325 e. The lowest BCUT2D eigenvalue weighted by Crippen LogP contribution is -2.19. The van der Waals surface area contributed by atoms with Gasteiger partial charge in [0, 0.05) is 67.1 Å². The molecule has 0 saturated heterocycles. The first kappa shape index (κ1) is 71.3. The number of allylic oxidation sites excluding steroid dienone is 1. The van der Waals surface area contributed by atoms with Gasteiger partial charge in [-0.1, -0.05) is 185 Å². The molecule has 0 radical (unpaired) electrons. The van der Waals surface area contributed by atoms with Crippen molar-refractivity contribution >= 4 is 143 Å². The number of fused-ring (bicyclic) bond motifs is 4. The number of hydrogen-bond donors (Lipinski definition) is 4. The van der Waals surface area contributed by atoms with E-state index in [0.29, 0.717) is 49.3 Å². The Morgan fingerprint density at radius 2 is 0.642 bits per heavy atom. The number of para-hydroxylation sites is 8. The van der Waals surface area contributed by atoms with Crippen LogP contribution in [0.5, 0.6) is 0 Å². The quantitative estimate of drug-likeness (QED) is 0.0684. The average Bonchev–Trinajstić information content (AvgIpc) is 1.66. The minimum atomic E-state index is -0.160. The Kier molecular flexibility index (Phi) is 22.5. The topological polar surface area (TPSA) is 204 Å². The Morgan fingerprint density at radius 1 is 0.358 bits per heavy atom. The maximum Gasteiger partial charge on any atom is 0.244 e. The molecule has 4 N–H and O–H groups in total. The summed E-state index contributed by atoms with van der Waals surface area (Å²) in [6.07, 6.45) is 4.61. The van der Waals surface area contributed by atoms with Crippen LogP contribution in [0.3, 0.4) is 0 Å². The third-order valence-electron chi connectivity index (χ3n) is 17.0. The van der Waals surface area contributed by atoms with Gasteiger partial charge in [-0.05, 0) is 153 Å². The fourth-order valence-electron chi connectivity index (χ4n) is 11.9. The van der Waals surface area contributed by atoms with E-state index in [4.69, 9.17) is 56.3 Å². The zero-order chi connectivity index (χ0) is 73.5. The van der Waals surface area contributed by atoms with Crippen LogP contribution in [0.1, 0.15) is 23.4 Å². The standard InChI is InChI=1S/2C22H18ClN3O.C21H16ClN3O.C20H15N5O/c2*1-15-6-8-16(9-7-15)22-25-19-4-2-3-5-20(19)26(22)14-21(27)24-18-12-10-17(23)11-13-18;22-16-10-12-17(13-11-16)23-20(26)14-25-19-9-5-4-8-18(19)24-21(25)15-6-2-1-3-7-15;1-21-14-8-10-15(11-9-14)23-19(26)13-25-18-7-3-2-5-16(18)24-20(25)17-6-4-12-22-17/h2*2-13H,14H2,1H3,(H,24,27);1-13H,14H2,(H,23,26);2-3,5-12H,4,13H2,(H,23,26). The molecular formula is C85H67Cl3N14O4. The summed E-state index contributed by atoms with van der Waals surface area (Å²) in [4.78, 5) is 77.0. The van der Waals surface area contributed by atoms with Crippen LogP contribution in [-0.4, -0.2) is 68.0 Å². The molecule has 0 aliphatic carbocycles. The summed E-state index contributed by atoms with van der Waals surface area (Å²) >= 11 is 17.7. The SMILES string of the molecule is Cc1ccc(-c2nc3ccccc3n2CC(=O)Nc2ccc(Cl)cc2)cc1.Cc1ccc(-c2nc3ccccc3n2CC(=O)Nc2ccc(Cl)cc2)cc1.O=C(Cn1c(-c2ccccc2)nc2ccccc21)Nc1ccc(Cl)cc1.[C-]#[N+]c1ccc(NC(=O)Cn2c(C3=CCC=N3)nc3ccccc32)cc1. The number of hydrogen-bond acceptors (Lipinski definition) is 9. The predicted octanol–water partition coefficient (Wildman–Crippen LogP) is 19.6. The number of nitrogens with one attached hydrogen (secondary N) is 4. The molecule has 0 spiro atoms. The average molecular weight is 1450 g/mol. The first-order valence-corrected chi connectivity index (χ1v) is 35.0. The first-order valence-electron chi connectivity index (χ1n) is 33.8. The van der Waals surface area contributed by atoms with Gasteiger partial charge in [0.2, 0.25) is 23.6 Å². The van der Waals surface area contributed by atoms with Crippen molar-refractivity contribution in [2.45, 2.75) is 46.4 Å². The summed E-state index contributed by atoms with van der Waals surface area (Å²) in [5.41, 5.74) is 16.5. The van der Waals surface area contributed by atoms with Crippen molar-refractivity contribution in [2.24, 2.45) is 4.99 Å². The zero-order valence-corrected chi connectivity index (χ0v) is 59.7. The highest BCUT2D eigenvalue weighted by atomic mass is 35.5. The predicted molar refractivity (Wildman–Crippen MR) is 427 cm³/mol. The summed E-state index contributed by atoms with van der Waals surface area (Å²) in [7, 11) is 0. The summed E-state index contributed by atoms with van der Waals surface area (Å²) in [6, 6.07) is 85.5. The summed E-state index contributed by atoms with van der Waals surface area (Å²) in [5, 5.41) is 13.5. The van der Waals surface area contributed by atoms with E-state index in [2.05, 4.69) is 36.1 Å². The van der Waals surface area contributed by atoms with Crippen molar-refractivity contribution in [1.82, 2.24) is 38.2 Å². The number of amides is 4. The van der Waals surface area contributed by atoms with E-state index in [1.54, 1.807) is 97.1 Å². The Morgan fingerprint density at radius 3 is 0.953 bits per heavy atom. The second kappa shape index (κ2) is 33.4. The molecule has 0 fully saturated rings. The highest BCUT2D eigenvalue weighted by Crippen LogP contribution is 2.31. The molecule has 0 atom stereocenters. The van der Waals surface area contributed by atoms with Crippen LogP contribution in [0.2, 0.25) is 15.1 Å². The smallest absolute Gasteiger partial charge is 0.244 e. The Labute approximate surface area is 625 Å². The maximum absolute atomic E-state index is 12.7. The van der Waals surface area contributed by atoms with Gasteiger partial charge in [0.25, 0.3) is 0 Å². The molecule has 0 unspecified atom stereocenters. The molecular weight excluding hydrogens is 1390 g/mol. The summed E-state index contributed by atoms with van der Waals surface area (Å²) < 4.78 is 7.72. The third kappa shape index (κ3) is 17.7. The minimum absolute atomic E-state index is 0.117. The number of aliphatic imine (C=N–C) groups is 1. The van der Waals surface area contributed by atoms with Crippen molar-refractivity contribution in [2.75, 3.05) is 21.3 Å². The molecule has 0 bridgehead atoms. The van der Waals surface area contributed by atoms with Crippen LogP contribution in [0.4, 0.5) is 28.4 Å². The normalized spacial score (nSPS) is 11.3. The molecule has 1 aliphatic rings. The van der Waals surface area contributed by atoms with Crippen molar-refractivity contribution in [1.29, 1.82) is 0 Å². The van der Waals surface area contributed by atoms with Crippen LogP contribution in [0, 0.1) is 20.4 Å². The van der Waals surface area contributed by atoms with Crippen LogP contribution in [-0.2, 0) is 45.4 Å². The lowest BCUT2D eigenvalue weighted by Gasteiger charge is -2.10. The van der Waals surface area contributed by atoms with Crippen LogP contribution >= 0.6 is 34.8 Å². The van der Waals surface area contributed by atoms with E-state index in [-0.39, 0.29) is 49.8 Å². The molecule has 21 heteroatoms. The number of nitrogens with zero attached hydrogens (tertiary/aromatic N) is 10. The van der Waals surface area contributed by atoms with Gasteiger partial charge in [-0.25, -0.2) is 24.8 Å². The van der Waals surface area contributed by atoms with Gasteiger partial charge in [-0.2, -0.15) is 0 Å². The zero-order valence-electron chi connectivity index (χ0n) is 57.4. The fourth-order valence-corrected chi connectivity index (χ4v) is 12.3. The molecule has 522 valence electrons. The van der Waals surface area contributed by atoms with E-state index in [1.165, 1.54) is 11.1 Å². The summed E-state index contributed by atoms with van der Waals surface area (Å²) in [6.45, 7) is 11.7. The van der Waals surface area contributed by atoms with E-state index >= 15 is 0 Å². The van der Waals surface area contributed by atoms with Crippen LogP contribution in [0.25, 0.3) is 88.8 Å². The molecule has 4 aromatic heterocycles. The molecule has 4 amide bonds. The van der Waals surface area contributed by atoms with Crippen LogP contribution in [0.15, 0.2) is 284 Å². The van der Waals surface area contributed by atoms with Crippen LogP contribution < -0.4 is 21.3 Å². The number of halogens is 3. The van der Waals surface area contributed by atoms with Crippen molar-refractivity contribution in [3.05, 3.63) is 322 Å². The van der Waals surface area contributed by atoms with E-state index < -0.39 is 0 Å². The molecule has 18 nitrogen and oxygen atoms in total. The van der Waals surface area contributed by atoms with Crippen molar-refractivity contribution < 1.29 is 19.2 Å². The number of benzene rings is 11. The minimum Gasteiger partial charge on any atom is -0.325 e. The number of anilines is 4. The molecule has 11 aromatic carbocycles. The second-order valence-corrected chi connectivity index (χ2v) is 26.0. The molecule has 15 aromatic rings. The van der Waals surface area contributed by atoms with Crippen molar-refractivity contribution in [3.63, 3.8) is 0 Å². The highest BCUT2D eigenvalue weighted by Gasteiger charge is 2.21. The summed E-state index contributed by atoms with van der Waals surface area (Å²) in [5.74, 6) is 2.52. The van der Waals surface area contributed by atoms with Gasteiger partial charge in [0.1, 0.15) is 49.3 Å². The number of carbonyl (C=O) groups excluding carboxylic acids is 4. The molecule has 106 heavy (non-hydrogen) atoms. The van der Waals surface area contributed by atoms with E-state index in [9.17, 15) is 19.2 Å². The van der Waals surface area contributed by atoms with E-state index in [1.807, 2.05) is 220 Å². The lowest BCUT2D eigenvalue weighted by molar-refractivity contribution is -0.117. The van der Waals surface area contributed by atoms with Gasteiger partial charge in [0.15, 0.2) is 11.5 Å². The fraction of sp³-hybridized carbons (Fsp3) is 0.0824. The van der Waals surface area contributed by atoms with Gasteiger partial charge in [-0.15, -0.1) is 0 Å². The maximum atomic E-state index is 12.7. The number of carbonyl (C=O) groups is 4. The van der Waals surface area contributed by atoms with Crippen molar-refractivity contribution in [3.8, 4) is 34.2 Å². The van der Waals surface area contributed by atoms with Gasteiger partial charge in [-0.3, -0.25) is 24.2 Å². The van der Waals surface area contributed by atoms with E-state index in [0.717, 1.165) is 90.4 Å². The first-order chi connectivity index (χ1) is 51.6. The number of aryl methyl sites for hydroxylation is 2. The van der Waals surface area contributed by atoms with Gasteiger partial charge >= 0.3 is 0 Å². The monoisotopic (exact) mass is 1450 g/mol. The number of aromatic nitrogens is 8. The Bertz CT molecular complexity index is 5590. The number of rotatable bonds is 16.